The number of carbonyl (C=O) groups is 3. The Hall–Kier alpha value is -2.74. The second kappa shape index (κ2) is 7.43. The van der Waals surface area contributed by atoms with Crippen LogP contribution in [0.25, 0.3) is 0 Å². The molecule has 130 valence electrons. The molecule has 3 amide bonds. The van der Waals surface area contributed by atoms with Gasteiger partial charge in [0.25, 0.3) is 17.7 Å². The summed E-state index contributed by atoms with van der Waals surface area (Å²) < 4.78 is 13.6. The maximum atomic E-state index is 13.6. The molecule has 1 aromatic carbocycles. The minimum absolute atomic E-state index is 0.166. The molecular weight excluding hydrogens is 345 g/mol. The first-order chi connectivity index (χ1) is 12.1. The van der Waals surface area contributed by atoms with Crippen molar-refractivity contribution in [3.8, 4) is 0 Å². The van der Waals surface area contributed by atoms with Crippen LogP contribution in [0.3, 0.4) is 0 Å². The van der Waals surface area contributed by atoms with Crippen LogP contribution in [0, 0.1) is 5.82 Å². The summed E-state index contributed by atoms with van der Waals surface area (Å²) in [4.78, 5) is 38.8. The summed E-state index contributed by atoms with van der Waals surface area (Å²) in [5.41, 5.74) is 4.32. The van der Waals surface area contributed by atoms with Crippen molar-refractivity contribution >= 4 is 29.1 Å². The fraction of sp³-hybridized carbons (Fsp3) is 0.235. The van der Waals surface area contributed by atoms with E-state index < -0.39 is 23.7 Å². The number of hydrazine groups is 1. The molecule has 2 aromatic rings. The van der Waals surface area contributed by atoms with Crippen LogP contribution in [-0.2, 0) is 4.79 Å². The number of hydrogen-bond donors (Lipinski definition) is 2. The van der Waals surface area contributed by atoms with Crippen molar-refractivity contribution in [3.05, 3.63) is 58.0 Å². The van der Waals surface area contributed by atoms with E-state index >= 15 is 0 Å². The Balaban J connectivity index is 1.62. The zero-order valence-electron chi connectivity index (χ0n) is 13.2. The number of halogens is 1. The van der Waals surface area contributed by atoms with Gasteiger partial charge in [-0.1, -0.05) is 18.2 Å². The third kappa shape index (κ3) is 3.69. The van der Waals surface area contributed by atoms with E-state index in [4.69, 9.17) is 0 Å². The highest BCUT2D eigenvalue weighted by Crippen LogP contribution is 2.22. The average molecular weight is 361 g/mol. The molecule has 6 nitrogen and oxygen atoms in total. The van der Waals surface area contributed by atoms with E-state index in [1.165, 1.54) is 34.4 Å². The van der Waals surface area contributed by atoms with Gasteiger partial charge in [0.05, 0.1) is 10.4 Å². The second-order valence-corrected chi connectivity index (χ2v) is 6.50. The van der Waals surface area contributed by atoms with Crippen LogP contribution in [0.2, 0.25) is 0 Å². The lowest BCUT2D eigenvalue weighted by Crippen LogP contribution is -2.51. The van der Waals surface area contributed by atoms with Gasteiger partial charge in [0, 0.05) is 6.54 Å². The Morgan fingerprint density at radius 3 is 2.64 bits per heavy atom. The van der Waals surface area contributed by atoms with E-state index in [9.17, 15) is 18.8 Å². The zero-order valence-corrected chi connectivity index (χ0v) is 14.0. The lowest BCUT2D eigenvalue weighted by molar-refractivity contribution is -0.125. The molecule has 1 aliphatic rings. The largest absolute Gasteiger partial charge is 0.326 e. The maximum absolute atomic E-state index is 13.6. The fourth-order valence-electron chi connectivity index (χ4n) is 2.74. The van der Waals surface area contributed by atoms with Gasteiger partial charge in [0.1, 0.15) is 11.9 Å². The van der Waals surface area contributed by atoms with Crippen LogP contribution >= 0.6 is 11.3 Å². The van der Waals surface area contributed by atoms with Crippen molar-refractivity contribution in [1.82, 2.24) is 15.8 Å². The standard InChI is InChI=1S/C17H16FN3O3S/c18-12-6-2-1-5-11(12)15(22)19-20-16(23)13-7-3-9-21(13)17(24)14-8-4-10-25-14/h1-2,4-6,8,10,13H,3,7,9H2,(H,19,22)(H,20,23). The summed E-state index contributed by atoms with van der Waals surface area (Å²) in [5, 5.41) is 1.80. The molecule has 8 heteroatoms. The Morgan fingerprint density at radius 1 is 1.12 bits per heavy atom. The van der Waals surface area contributed by atoms with Gasteiger partial charge in [-0.15, -0.1) is 11.3 Å². The topological polar surface area (TPSA) is 78.5 Å². The molecule has 0 bridgehead atoms. The summed E-state index contributed by atoms with van der Waals surface area (Å²) in [6.45, 7) is 0.482. The van der Waals surface area contributed by atoms with Crippen molar-refractivity contribution in [3.63, 3.8) is 0 Å². The minimum Gasteiger partial charge on any atom is -0.326 e. The molecule has 3 rings (SSSR count). The van der Waals surface area contributed by atoms with E-state index in [1.54, 1.807) is 17.5 Å². The first-order valence-corrected chi connectivity index (χ1v) is 8.65. The van der Waals surface area contributed by atoms with Crippen molar-refractivity contribution in [2.24, 2.45) is 0 Å². The average Bonchev–Trinajstić information content (AvgIpc) is 3.30. The molecule has 0 radical (unpaired) electrons. The number of nitrogens with zero attached hydrogens (tertiary/aromatic N) is 1. The molecule has 0 aliphatic carbocycles. The SMILES string of the molecule is O=C(NNC(=O)C1CCCN1C(=O)c1cccs1)c1ccccc1F. The Bertz CT molecular complexity index is 794. The molecule has 0 saturated carbocycles. The van der Waals surface area contributed by atoms with E-state index in [-0.39, 0.29) is 11.5 Å². The Morgan fingerprint density at radius 2 is 1.92 bits per heavy atom. The first-order valence-electron chi connectivity index (χ1n) is 7.77. The quantitative estimate of drug-likeness (QED) is 0.821. The van der Waals surface area contributed by atoms with Gasteiger partial charge >= 0.3 is 0 Å². The highest BCUT2D eigenvalue weighted by molar-refractivity contribution is 7.12. The maximum Gasteiger partial charge on any atom is 0.272 e. The molecule has 1 unspecified atom stereocenters. The molecule has 1 fully saturated rings. The summed E-state index contributed by atoms with van der Waals surface area (Å²) in [7, 11) is 0. The molecule has 0 spiro atoms. The van der Waals surface area contributed by atoms with Crippen molar-refractivity contribution in [2.45, 2.75) is 18.9 Å². The van der Waals surface area contributed by atoms with E-state index in [0.29, 0.717) is 24.3 Å². The molecule has 2 heterocycles. The predicted octanol–water partition coefficient (Wildman–Crippen LogP) is 1.95. The lowest BCUT2D eigenvalue weighted by atomic mass is 10.2. The summed E-state index contributed by atoms with van der Waals surface area (Å²) in [5.74, 6) is -2.12. The summed E-state index contributed by atoms with van der Waals surface area (Å²) >= 11 is 1.31. The molecule has 25 heavy (non-hydrogen) atoms. The highest BCUT2D eigenvalue weighted by Gasteiger charge is 2.35. The third-order valence-electron chi connectivity index (χ3n) is 3.97. The number of hydrogen-bond acceptors (Lipinski definition) is 4. The van der Waals surface area contributed by atoms with Crippen LogP contribution in [0.5, 0.6) is 0 Å². The van der Waals surface area contributed by atoms with Crippen molar-refractivity contribution in [2.75, 3.05) is 6.54 Å². The molecule has 1 atom stereocenters. The third-order valence-corrected chi connectivity index (χ3v) is 4.82. The smallest absolute Gasteiger partial charge is 0.272 e. The number of thiophene rings is 1. The molecule has 2 N–H and O–H groups in total. The van der Waals surface area contributed by atoms with Gasteiger partial charge in [-0.3, -0.25) is 25.2 Å². The van der Waals surface area contributed by atoms with E-state index in [2.05, 4.69) is 10.9 Å². The van der Waals surface area contributed by atoms with Gasteiger partial charge in [-0.2, -0.15) is 0 Å². The minimum atomic E-state index is -0.749. The van der Waals surface area contributed by atoms with Crippen LogP contribution < -0.4 is 10.9 Å². The van der Waals surface area contributed by atoms with Gasteiger partial charge < -0.3 is 4.90 Å². The molecule has 1 aromatic heterocycles. The number of rotatable bonds is 3. The monoisotopic (exact) mass is 361 g/mol. The van der Waals surface area contributed by atoms with Gasteiger partial charge in [0.2, 0.25) is 0 Å². The van der Waals surface area contributed by atoms with Crippen LogP contribution in [0.1, 0.15) is 32.9 Å². The number of benzene rings is 1. The van der Waals surface area contributed by atoms with Crippen molar-refractivity contribution in [1.29, 1.82) is 0 Å². The van der Waals surface area contributed by atoms with Gasteiger partial charge in [-0.25, -0.2) is 4.39 Å². The molecular formula is C17H16FN3O3S. The van der Waals surface area contributed by atoms with Gasteiger partial charge in [0.15, 0.2) is 0 Å². The Kier molecular flexibility index (Phi) is 5.08. The lowest BCUT2D eigenvalue weighted by Gasteiger charge is -2.23. The van der Waals surface area contributed by atoms with Gasteiger partial charge in [-0.05, 0) is 36.4 Å². The summed E-state index contributed by atoms with van der Waals surface area (Å²) in [6.07, 6.45) is 1.22. The molecule has 1 saturated heterocycles. The predicted molar refractivity (Wildman–Crippen MR) is 90.4 cm³/mol. The number of nitrogens with one attached hydrogen (secondary N) is 2. The molecule has 1 aliphatic heterocycles. The number of amides is 3. The first kappa shape index (κ1) is 17.1. The normalized spacial score (nSPS) is 16.5. The fourth-order valence-corrected chi connectivity index (χ4v) is 3.42. The highest BCUT2D eigenvalue weighted by atomic mass is 32.1. The van der Waals surface area contributed by atoms with Crippen molar-refractivity contribution < 1.29 is 18.8 Å². The second-order valence-electron chi connectivity index (χ2n) is 5.56. The summed E-state index contributed by atoms with van der Waals surface area (Å²) in [6, 6.07) is 8.30. The number of likely N-dealkylation sites (tertiary alicyclic amines) is 1. The van der Waals surface area contributed by atoms with E-state index in [1.807, 2.05) is 0 Å². The van der Waals surface area contributed by atoms with Crippen LogP contribution in [0.15, 0.2) is 41.8 Å². The number of carbonyl (C=O) groups excluding carboxylic acids is 3. The van der Waals surface area contributed by atoms with Crippen LogP contribution in [-0.4, -0.2) is 35.2 Å². The van der Waals surface area contributed by atoms with E-state index in [0.717, 1.165) is 6.07 Å². The Labute approximate surface area is 147 Å². The zero-order chi connectivity index (χ0) is 17.8. The van der Waals surface area contributed by atoms with Crippen LogP contribution in [0.4, 0.5) is 4.39 Å².